The van der Waals surface area contributed by atoms with Crippen LogP contribution in [0.5, 0.6) is 0 Å². The summed E-state index contributed by atoms with van der Waals surface area (Å²) in [5.41, 5.74) is 2.27. The Morgan fingerprint density at radius 3 is 2.71 bits per heavy atom. The maximum atomic E-state index is 6.20. The second-order valence-electron chi connectivity index (χ2n) is 4.73. The third-order valence-corrected chi connectivity index (χ3v) is 3.55. The average Bonchev–Trinajstić information content (AvgIpc) is 2.53. The van der Waals surface area contributed by atoms with Gasteiger partial charge in [-0.05, 0) is 46.1 Å². The van der Waals surface area contributed by atoms with Gasteiger partial charge in [-0.25, -0.2) is 0 Å². The van der Waals surface area contributed by atoms with E-state index in [1.54, 1.807) is 4.68 Å². The lowest BCUT2D eigenvalue weighted by Crippen LogP contribution is -2.26. The van der Waals surface area contributed by atoms with Gasteiger partial charge in [0.1, 0.15) is 5.15 Å². The van der Waals surface area contributed by atoms with Gasteiger partial charge in [-0.2, -0.15) is 5.10 Å². The summed E-state index contributed by atoms with van der Waals surface area (Å²) in [4.78, 5) is 0. The molecule has 0 aliphatic heterocycles. The van der Waals surface area contributed by atoms with Crippen LogP contribution in [0.1, 0.15) is 44.4 Å². The van der Waals surface area contributed by atoms with Gasteiger partial charge in [0.05, 0.1) is 5.69 Å². The van der Waals surface area contributed by atoms with Gasteiger partial charge in [-0.15, -0.1) is 0 Å². The maximum absolute atomic E-state index is 6.20. The fourth-order valence-electron chi connectivity index (χ4n) is 2.04. The van der Waals surface area contributed by atoms with E-state index in [1.165, 1.54) is 18.4 Å². The van der Waals surface area contributed by atoms with Crippen molar-refractivity contribution in [1.29, 1.82) is 0 Å². The van der Waals surface area contributed by atoms with Crippen molar-refractivity contribution >= 4 is 11.6 Å². The molecule has 1 atom stereocenters. The molecule has 4 heteroatoms. The smallest absolute Gasteiger partial charge is 0.130 e. The quantitative estimate of drug-likeness (QED) is 0.814. The third kappa shape index (κ3) is 4.32. The van der Waals surface area contributed by atoms with E-state index in [9.17, 15) is 0 Å². The van der Waals surface area contributed by atoms with Gasteiger partial charge in [-0.1, -0.05) is 18.5 Å². The largest absolute Gasteiger partial charge is 0.314 e. The SMILES string of the molecule is CCCNC(C)CCCc1c(C)nn(C)c1Cl. The van der Waals surface area contributed by atoms with E-state index in [0.717, 1.165) is 30.2 Å². The van der Waals surface area contributed by atoms with E-state index in [0.29, 0.717) is 6.04 Å². The van der Waals surface area contributed by atoms with Gasteiger partial charge in [-0.3, -0.25) is 4.68 Å². The Bertz CT molecular complexity index is 347. The second kappa shape index (κ2) is 7.02. The normalized spacial score (nSPS) is 13.0. The topological polar surface area (TPSA) is 29.9 Å². The number of aromatic nitrogens is 2. The molecule has 0 saturated carbocycles. The molecule has 0 spiro atoms. The fraction of sp³-hybridized carbons (Fsp3) is 0.769. The molecular weight excluding hydrogens is 234 g/mol. The highest BCUT2D eigenvalue weighted by Gasteiger charge is 2.11. The van der Waals surface area contributed by atoms with Crippen LogP contribution >= 0.6 is 11.6 Å². The maximum Gasteiger partial charge on any atom is 0.130 e. The summed E-state index contributed by atoms with van der Waals surface area (Å²) in [5.74, 6) is 0. The lowest BCUT2D eigenvalue weighted by atomic mass is 10.1. The number of nitrogens with one attached hydrogen (secondary N) is 1. The first-order valence-electron chi connectivity index (χ1n) is 6.47. The zero-order valence-corrected chi connectivity index (χ0v) is 12.1. The number of aryl methyl sites for hydroxylation is 2. The minimum atomic E-state index is 0.589. The predicted octanol–water partition coefficient (Wildman–Crippen LogP) is 3.09. The van der Waals surface area contributed by atoms with Crippen molar-refractivity contribution in [2.75, 3.05) is 6.54 Å². The summed E-state index contributed by atoms with van der Waals surface area (Å²) in [6, 6.07) is 0.589. The number of hydrogen-bond acceptors (Lipinski definition) is 2. The molecule has 0 aliphatic carbocycles. The van der Waals surface area contributed by atoms with Crippen LogP contribution in [0.4, 0.5) is 0 Å². The molecule has 0 amide bonds. The molecule has 0 fully saturated rings. The van der Waals surface area contributed by atoms with E-state index in [4.69, 9.17) is 11.6 Å². The fourth-order valence-corrected chi connectivity index (χ4v) is 2.30. The zero-order chi connectivity index (χ0) is 12.8. The zero-order valence-electron chi connectivity index (χ0n) is 11.4. The number of nitrogens with zero attached hydrogens (tertiary/aromatic N) is 2. The van der Waals surface area contributed by atoms with Crippen molar-refractivity contribution in [3.63, 3.8) is 0 Å². The summed E-state index contributed by atoms with van der Waals surface area (Å²) in [5, 5.41) is 8.61. The molecule has 0 radical (unpaired) electrons. The minimum absolute atomic E-state index is 0.589. The molecule has 0 bridgehead atoms. The van der Waals surface area contributed by atoms with Gasteiger partial charge < -0.3 is 5.32 Å². The van der Waals surface area contributed by atoms with Crippen molar-refractivity contribution in [2.45, 2.75) is 52.5 Å². The van der Waals surface area contributed by atoms with Crippen LogP contribution in [-0.2, 0) is 13.5 Å². The molecule has 1 rings (SSSR count). The Labute approximate surface area is 110 Å². The number of hydrogen-bond donors (Lipinski definition) is 1. The first-order valence-corrected chi connectivity index (χ1v) is 6.85. The van der Waals surface area contributed by atoms with E-state index >= 15 is 0 Å². The van der Waals surface area contributed by atoms with Gasteiger partial charge in [0.25, 0.3) is 0 Å². The molecule has 3 nitrogen and oxygen atoms in total. The Balaban J connectivity index is 2.35. The summed E-state index contributed by atoms with van der Waals surface area (Å²) in [6.07, 6.45) is 4.56. The summed E-state index contributed by atoms with van der Waals surface area (Å²) in [6.45, 7) is 7.57. The predicted molar refractivity (Wildman–Crippen MR) is 73.6 cm³/mol. The van der Waals surface area contributed by atoms with Crippen molar-refractivity contribution in [1.82, 2.24) is 15.1 Å². The first-order chi connectivity index (χ1) is 8.06. The first kappa shape index (κ1) is 14.5. The Morgan fingerprint density at radius 1 is 1.47 bits per heavy atom. The van der Waals surface area contributed by atoms with Crippen LogP contribution in [0.2, 0.25) is 5.15 Å². The Kier molecular flexibility index (Phi) is 6.00. The lowest BCUT2D eigenvalue weighted by Gasteiger charge is -2.12. The molecular formula is C13H24ClN3. The van der Waals surface area contributed by atoms with Crippen molar-refractivity contribution in [2.24, 2.45) is 7.05 Å². The molecule has 0 aliphatic rings. The highest BCUT2D eigenvalue weighted by molar-refractivity contribution is 6.30. The van der Waals surface area contributed by atoms with E-state index in [1.807, 2.05) is 14.0 Å². The van der Waals surface area contributed by atoms with Crippen molar-refractivity contribution < 1.29 is 0 Å². The van der Waals surface area contributed by atoms with E-state index < -0.39 is 0 Å². The van der Waals surface area contributed by atoms with E-state index in [-0.39, 0.29) is 0 Å². The van der Waals surface area contributed by atoms with Crippen molar-refractivity contribution in [3.8, 4) is 0 Å². The minimum Gasteiger partial charge on any atom is -0.314 e. The number of rotatable bonds is 7. The van der Waals surface area contributed by atoms with Gasteiger partial charge in [0.2, 0.25) is 0 Å². The number of halogens is 1. The van der Waals surface area contributed by atoms with Crippen LogP contribution in [0.3, 0.4) is 0 Å². The standard InChI is InChI=1S/C13H24ClN3/c1-5-9-15-10(2)7-6-8-12-11(3)16-17(4)13(12)14/h10,15H,5-9H2,1-4H3. The van der Waals surface area contributed by atoms with E-state index in [2.05, 4.69) is 24.3 Å². The molecule has 1 heterocycles. The van der Waals surface area contributed by atoms with Crippen LogP contribution in [0.15, 0.2) is 0 Å². The van der Waals surface area contributed by atoms with Crippen LogP contribution in [0, 0.1) is 6.92 Å². The molecule has 0 saturated heterocycles. The molecule has 1 N–H and O–H groups in total. The highest BCUT2D eigenvalue weighted by Crippen LogP contribution is 2.20. The Hall–Kier alpha value is -0.540. The summed E-state index contributed by atoms with van der Waals surface area (Å²) in [7, 11) is 1.89. The summed E-state index contributed by atoms with van der Waals surface area (Å²) < 4.78 is 1.75. The lowest BCUT2D eigenvalue weighted by molar-refractivity contribution is 0.498. The third-order valence-electron chi connectivity index (χ3n) is 3.08. The Morgan fingerprint density at radius 2 is 2.18 bits per heavy atom. The molecule has 1 aromatic rings. The van der Waals surface area contributed by atoms with Crippen LogP contribution in [-0.4, -0.2) is 22.4 Å². The molecule has 17 heavy (non-hydrogen) atoms. The molecule has 0 aromatic carbocycles. The average molecular weight is 258 g/mol. The second-order valence-corrected chi connectivity index (χ2v) is 5.08. The van der Waals surface area contributed by atoms with Crippen LogP contribution in [0.25, 0.3) is 0 Å². The van der Waals surface area contributed by atoms with Crippen molar-refractivity contribution in [3.05, 3.63) is 16.4 Å². The van der Waals surface area contributed by atoms with Crippen LogP contribution < -0.4 is 5.32 Å². The van der Waals surface area contributed by atoms with Gasteiger partial charge in [0.15, 0.2) is 0 Å². The van der Waals surface area contributed by atoms with Gasteiger partial charge in [0, 0.05) is 18.7 Å². The molecule has 1 aromatic heterocycles. The monoisotopic (exact) mass is 257 g/mol. The van der Waals surface area contributed by atoms with Gasteiger partial charge >= 0.3 is 0 Å². The summed E-state index contributed by atoms with van der Waals surface area (Å²) >= 11 is 6.20. The molecule has 1 unspecified atom stereocenters. The highest BCUT2D eigenvalue weighted by atomic mass is 35.5. The molecule has 98 valence electrons.